The number of rotatable bonds is 6. The molecule has 1 saturated heterocycles. The Morgan fingerprint density at radius 3 is 2.31 bits per heavy atom. The van der Waals surface area contributed by atoms with Crippen molar-refractivity contribution >= 4 is 11.7 Å². The molecule has 1 aliphatic carbocycles. The van der Waals surface area contributed by atoms with Crippen molar-refractivity contribution in [2.75, 3.05) is 13.2 Å². The largest absolute Gasteiger partial charge is 0.381 e. The molecule has 1 aliphatic heterocycles. The van der Waals surface area contributed by atoms with Gasteiger partial charge in [0.25, 0.3) is 5.91 Å². The molecule has 1 saturated carbocycles. The second-order valence-corrected chi connectivity index (χ2v) is 11.6. The lowest BCUT2D eigenvalue weighted by molar-refractivity contribution is 0.0696. The van der Waals surface area contributed by atoms with Gasteiger partial charge in [-0.15, -0.1) is 0 Å². The van der Waals surface area contributed by atoms with E-state index in [-0.39, 0.29) is 23.1 Å². The Hall–Kier alpha value is -2.40. The first kappa shape index (κ1) is 25.7. The molecule has 190 valence electrons. The highest BCUT2D eigenvalue weighted by Gasteiger charge is 2.25. The third kappa shape index (κ3) is 6.06. The van der Waals surface area contributed by atoms with E-state index in [4.69, 9.17) is 4.74 Å². The van der Waals surface area contributed by atoms with Crippen LogP contribution >= 0.6 is 0 Å². The van der Waals surface area contributed by atoms with E-state index in [9.17, 15) is 9.59 Å². The lowest BCUT2D eigenvalue weighted by atomic mass is 9.84. The van der Waals surface area contributed by atoms with Crippen LogP contribution in [0.1, 0.15) is 105 Å². The van der Waals surface area contributed by atoms with Gasteiger partial charge < -0.3 is 14.6 Å². The van der Waals surface area contributed by atoms with Crippen molar-refractivity contribution in [3.63, 3.8) is 0 Å². The molecule has 2 fully saturated rings. The molecule has 4 rings (SSSR count). The Morgan fingerprint density at radius 2 is 1.69 bits per heavy atom. The average molecular weight is 479 g/mol. The lowest BCUT2D eigenvalue weighted by Gasteiger charge is -2.25. The molecule has 1 aromatic heterocycles. The molecule has 2 aromatic rings. The Balaban J connectivity index is 1.77. The summed E-state index contributed by atoms with van der Waals surface area (Å²) in [4.78, 5) is 25.8. The van der Waals surface area contributed by atoms with Crippen LogP contribution in [0.3, 0.4) is 0 Å². The van der Waals surface area contributed by atoms with Gasteiger partial charge in [0, 0.05) is 42.8 Å². The van der Waals surface area contributed by atoms with Crippen LogP contribution in [0.25, 0.3) is 11.3 Å². The van der Waals surface area contributed by atoms with Gasteiger partial charge in [-0.1, -0.05) is 40.0 Å². The van der Waals surface area contributed by atoms with E-state index in [1.165, 1.54) is 32.1 Å². The molecule has 0 spiro atoms. The summed E-state index contributed by atoms with van der Waals surface area (Å²) in [6.45, 7) is 12.5. The highest BCUT2D eigenvalue weighted by atomic mass is 16.5. The van der Waals surface area contributed by atoms with E-state index in [1.54, 1.807) is 6.92 Å². The average Bonchev–Trinajstić information content (AvgIpc) is 3.15. The SMILES string of the molecule is CC(=O)c1cc(-c2cc(C(=O)NC3CCOCC3)c(C)n2CC2CCCCC2)cc(C(C)(C)C)c1. The number of hydrogen-bond acceptors (Lipinski definition) is 3. The van der Waals surface area contributed by atoms with E-state index in [0.29, 0.717) is 19.1 Å². The van der Waals surface area contributed by atoms with Gasteiger partial charge in [0.15, 0.2) is 5.78 Å². The highest BCUT2D eigenvalue weighted by Crippen LogP contribution is 2.34. The first-order valence-electron chi connectivity index (χ1n) is 13.4. The van der Waals surface area contributed by atoms with Gasteiger partial charge in [-0.3, -0.25) is 9.59 Å². The number of nitrogens with zero attached hydrogens (tertiary/aromatic N) is 1. The number of carbonyl (C=O) groups is 2. The van der Waals surface area contributed by atoms with Crippen molar-refractivity contribution in [3.05, 3.63) is 46.6 Å². The van der Waals surface area contributed by atoms with Crippen LogP contribution in [0, 0.1) is 12.8 Å². The molecule has 5 heteroatoms. The molecule has 0 radical (unpaired) electrons. The maximum Gasteiger partial charge on any atom is 0.253 e. The number of carbonyl (C=O) groups excluding carboxylic acids is 2. The molecule has 1 amide bonds. The lowest BCUT2D eigenvalue weighted by Crippen LogP contribution is -2.39. The van der Waals surface area contributed by atoms with Gasteiger partial charge in [-0.2, -0.15) is 0 Å². The molecule has 1 aromatic carbocycles. The number of aromatic nitrogens is 1. The van der Waals surface area contributed by atoms with Gasteiger partial charge in [0.1, 0.15) is 0 Å². The van der Waals surface area contributed by atoms with Crippen LogP contribution in [0.4, 0.5) is 0 Å². The maximum absolute atomic E-state index is 13.4. The first-order valence-corrected chi connectivity index (χ1v) is 13.4. The topological polar surface area (TPSA) is 60.3 Å². The number of hydrogen-bond donors (Lipinski definition) is 1. The number of benzene rings is 1. The van der Waals surface area contributed by atoms with Gasteiger partial charge >= 0.3 is 0 Å². The fourth-order valence-electron chi connectivity index (χ4n) is 5.49. The second kappa shape index (κ2) is 10.7. The van der Waals surface area contributed by atoms with Gasteiger partial charge in [-0.05, 0) is 86.3 Å². The predicted octanol–water partition coefficient (Wildman–Crippen LogP) is 6.45. The van der Waals surface area contributed by atoms with Crippen molar-refractivity contribution < 1.29 is 14.3 Å². The molecule has 0 atom stereocenters. The molecule has 2 aliphatic rings. The summed E-state index contributed by atoms with van der Waals surface area (Å²) in [6.07, 6.45) is 8.08. The summed E-state index contributed by atoms with van der Waals surface area (Å²) in [7, 11) is 0. The number of amides is 1. The van der Waals surface area contributed by atoms with Crippen molar-refractivity contribution in [2.45, 2.75) is 97.6 Å². The Morgan fingerprint density at radius 1 is 1.00 bits per heavy atom. The van der Waals surface area contributed by atoms with Crippen molar-refractivity contribution in [2.24, 2.45) is 5.92 Å². The quantitative estimate of drug-likeness (QED) is 0.485. The van der Waals surface area contributed by atoms with Gasteiger partial charge in [-0.25, -0.2) is 0 Å². The van der Waals surface area contributed by atoms with E-state index < -0.39 is 0 Å². The minimum absolute atomic E-state index is 0.00295. The molecule has 5 nitrogen and oxygen atoms in total. The van der Waals surface area contributed by atoms with Crippen molar-refractivity contribution in [1.29, 1.82) is 0 Å². The standard InChI is InChI=1S/C30H42N2O3/c1-20-27(29(34)31-26-11-13-35-14-12-26)18-28(32(20)19-22-9-7-6-8-10-22)24-15-23(21(2)33)16-25(17-24)30(3,4)5/h15-18,22,26H,6-14,19H2,1-5H3,(H,31,34). The van der Waals surface area contributed by atoms with E-state index >= 15 is 0 Å². The summed E-state index contributed by atoms with van der Waals surface area (Å²) < 4.78 is 7.81. The molecule has 1 N–H and O–H groups in total. The van der Waals surface area contributed by atoms with Gasteiger partial charge in [0.05, 0.1) is 5.56 Å². The Labute approximate surface area is 210 Å². The normalized spacial score (nSPS) is 18.0. The maximum atomic E-state index is 13.4. The van der Waals surface area contributed by atoms with E-state index in [1.807, 2.05) is 12.1 Å². The number of ketones is 1. The van der Waals surface area contributed by atoms with Crippen LogP contribution < -0.4 is 5.32 Å². The minimum Gasteiger partial charge on any atom is -0.381 e. The van der Waals surface area contributed by atoms with Crippen LogP contribution in [-0.2, 0) is 16.7 Å². The predicted molar refractivity (Wildman–Crippen MR) is 141 cm³/mol. The summed E-state index contributed by atoms with van der Waals surface area (Å²) in [6, 6.07) is 8.45. The second-order valence-electron chi connectivity index (χ2n) is 11.6. The Kier molecular flexibility index (Phi) is 7.85. The monoisotopic (exact) mass is 478 g/mol. The number of Topliss-reactive ketones (excluding diaryl/α,β-unsaturated/α-hetero) is 1. The molecule has 0 unspecified atom stereocenters. The summed E-state index contributed by atoms with van der Waals surface area (Å²) >= 11 is 0. The Bertz CT molecular complexity index is 1060. The fraction of sp³-hybridized carbons (Fsp3) is 0.600. The third-order valence-electron chi connectivity index (χ3n) is 7.83. The van der Waals surface area contributed by atoms with E-state index in [2.05, 4.69) is 49.7 Å². The van der Waals surface area contributed by atoms with E-state index in [0.717, 1.165) is 53.0 Å². The molecular formula is C30H42N2O3. The smallest absolute Gasteiger partial charge is 0.253 e. The minimum atomic E-state index is -0.0840. The zero-order valence-electron chi connectivity index (χ0n) is 22.2. The molecule has 0 bridgehead atoms. The number of nitrogens with one attached hydrogen (secondary N) is 1. The molecule has 2 heterocycles. The summed E-state index contributed by atoms with van der Waals surface area (Å²) in [5.41, 5.74) is 5.60. The first-order chi connectivity index (χ1) is 16.6. The summed E-state index contributed by atoms with van der Waals surface area (Å²) in [5.74, 6) is 0.687. The third-order valence-corrected chi connectivity index (χ3v) is 7.83. The van der Waals surface area contributed by atoms with Gasteiger partial charge in [0.2, 0.25) is 0 Å². The molecular weight excluding hydrogens is 436 g/mol. The fourth-order valence-corrected chi connectivity index (χ4v) is 5.49. The van der Waals surface area contributed by atoms with Crippen molar-refractivity contribution in [3.8, 4) is 11.3 Å². The summed E-state index contributed by atoms with van der Waals surface area (Å²) in [5, 5.41) is 3.25. The zero-order valence-corrected chi connectivity index (χ0v) is 22.2. The molecule has 35 heavy (non-hydrogen) atoms. The van der Waals surface area contributed by atoms with Crippen molar-refractivity contribution in [1.82, 2.24) is 9.88 Å². The van der Waals surface area contributed by atoms with Crippen LogP contribution in [0.2, 0.25) is 0 Å². The number of ether oxygens (including phenoxy) is 1. The zero-order chi connectivity index (χ0) is 25.2. The van der Waals surface area contributed by atoms with Crippen LogP contribution in [-0.4, -0.2) is 35.5 Å². The highest BCUT2D eigenvalue weighted by molar-refractivity contribution is 5.98. The van der Waals surface area contributed by atoms with Crippen LogP contribution in [0.5, 0.6) is 0 Å². The van der Waals surface area contributed by atoms with Crippen LogP contribution in [0.15, 0.2) is 24.3 Å².